The molecule has 1 unspecified atom stereocenters. The minimum Gasteiger partial charge on any atom is -0.407 e. The number of nitriles is 1. The number of nitrogens with zero attached hydrogens (tertiary/aromatic N) is 5. The van der Waals surface area contributed by atoms with Gasteiger partial charge in [0.2, 0.25) is 0 Å². The van der Waals surface area contributed by atoms with E-state index >= 15 is 0 Å². The number of carbonyl (C=O) groups is 1. The third-order valence-corrected chi connectivity index (χ3v) is 13.6. The molecule has 3 heterocycles. The average Bonchev–Trinajstić information content (AvgIpc) is 3.57. The van der Waals surface area contributed by atoms with E-state index in [4.69, 9.17) is 28.0 Å². The Morgan fingerprint density at radius 1 is 1.22 bits per heavy atom. The summed E-state index contributed by atoms with van der Waals surface area (Å²) in [5.41, 5.74) is 1.05. The van der Waals surface area contributed by atoms with E-state index in [0.29, 0.717) is 16.7 Å². The Labute approximate surface area is 263 Å². The zero-order chi connectivity index (χ0) is 32.8. The lowest BCUT2D eigenvalue weighted by atomic mass is 10.1. The van der Waals surface area contributed by atoms with Gasteiger partial charge in [0.05, 0.1) is 38.6 Å². The molecule has 1 aliphatic heterocycles. The van der Waals surface area contributed by atoms with E-state index < -0.39 is 47.3 Å². The van der Waals surface area contributed by atoms with Gasteiger partial charge in [-0.1, -0.05) is 45.0 Å². The smallest absolute Gasteiger partial charge is 0.407 e. The van der Waals surface area contributed by atoms with Crippen LogP contribution in [0.2, 0.25) is 18.1 Å². The van der Waals surface area contributed by atoms with Crippen molar-refractivity contribution >= 4 is 39.0 Å². The summed E-state index contributed by atoms with van der Waals surface area (Å²) in [7, 11) is -6.86. The summed E-state index contributed by atoms with van der Waals surface area (Å²) in [6.45, 7) is 13.0. The molecule has 16 heteroatoms. The van der Waals surface area contributed by atoms with Crippen LogP contribution in [0, 0.1) is 11.3 Å². The van der Waals surface area contributed by atoms with E-state index in [2.05, 4.69) is 47.6 Å². The van der Waals surface area contributed by atoms with Crippen LogP contribution in [0.15, 0.2) is 55.6 Å². The molecular formula is C29H39N6O8PSi. The third kappa shape index (κ3) is 7.92. The van der Waals surface area contributed by atoms with Gasteiger partial charge in [0.15, 0.2) is 31.5 Å². The number of aromatic nitrogens is 4. The number of nitrogens with one attached hydrogen (secondary N) is 1. The minimum absolute atomic E-state index is 0.0498. The van der Waals surface area contributed by atoms with Gasteiger partial charge in [0.1, 0.15) is 24.6 Å². The minimum atomic E-state index is -4.29. The number of amides is 1. The first-order valence-electron chi connectivity index (χ1n) is 14.4. The molecular weight excluding hydrogens is 619 g/mol. The van der Waals surface area contributed by atoms with Gasteiger partial charge >= 0.3 is 7.82 Å². The molecule has 4 rings (SSSR count). The highest BCUT2D eigenvalue weighted by Gasteiger charge is 2.54. The van der Waals surface area contributed by atoms with E-state index in [-0.39, 0.29) is 36.4 Å². The number of aliphatic hydroxyl groups is 1. The fourth-order valence-electron chi connectivity index (χ4n) is 4.34. The van der Waals surface area contributed by atoms with Crippen molar-refractivity contribution in [2.45, 2.75) is 69.9 Å². The van der Waals surface area contributed by atoms with Crippen molar-refractivity contribution in [3.63, 3.8) is 0 Å². The fraction of sp³-hybridized carbons (Fsp3) is 0.483. The van der Waals surface area contributed by atoms with E-state index in [1.165, 1.54) is 18.7 Å². The molecule has 45 heavy (non-hydrogen) atoms. The maximum atomic E-state index is 13.8. The number of hydrogen-bond acceptors (Lipinski definition) is 12. The number of imidazole rings is 1. The Morgan fingerprint density at radius 3 is 2.60 bits per heavy atom. The molecule has 1 aromatic carbocycles. The SMILES string of the molecule is C=CCOP(=O)(OCCC#N)O[C@H]1[C@@H](O[Si](C)(C)C(C)(C)C)[C@H](n2cnc3c(NC(=O)c4ccccc4)ncnc32)O[C@@H]1CO. The number of anilines is 1. The van der Waals surface area contributed by atoms with E-state index in [9.17, 15) is 14.5 Å². The highest BCUT2D eigenvalue weighted by molar-refractivity contribution is 7.48. The molecule has 242 valence electrons. The third-order valence-electron chi connectivity index (χ3n) is 7.67. The number of aliphatic hydroxyl groups excluding tert-OH is 1. The first-order chi connectivity index (χ1) is 21.3. The predicted octanol–water partition coefficient (Wildman–Crippen LogP) is 4.98. The maximum absolute atomic E-state index is 13.8. The molecule has 3 aromatic rings. The summed E-state index contributed by atoms with van der Waals surface area (Å²) in [6.07, 6.45) is 0.0199. The highest BCUT2D eigenvalue weighted by atomic mass is 31.2. The second kappa shape index (κ2) is 14.4. The molecule has 14 nitrogen and oxygen atoms in total. The average molecular weight is 659 g/mol. The highest BCUT2D eigenvalue weighted by Crippen LogP contribution is 2.54. The molecule has 2 N–H and O–H groups in total. The number of hydrogen-bond donors (Lipinski definition) is 2. The van der Waals surface area contributed by atoms with E-state index in [0.717, 1.165) is 0 Å². The second-order valence-corrected chi connectivity index (χ2v) is 18.2. The zero-order valence-electron chi connectivity index (χ0n) is 26.0. The van der Waals surface area contributed by atoms with Gasteiger partial charge < -0.3 is 19.6 Å². The summed E-state index contributed by atoms with van der Waals surface area (Å²) in [6, 6.07) is 10.6. The van der Waals surface area contributed by atoms with Crippen LogP contribution < -0.4 is 5.32 Å². The number of phosphoric ester groups is 1. The van der Waals surface area contributed by atoms with Crippen LogP contribution in [0.5, 0.6) is 0 Å². The molecule has 5 atom stereocenters. The maximum Gasteiger partial charge on any atom is 0.475 e. The molecule has 0 bridgehead atoms. The first-order valence-corrected chi connectivity index (χ1v) is 18.7. The number of benzene rings is 1. The summed E-state index contributed by atoms with van der Waals surface area (Å²) < 4.78 is 45.4. The predicted molar refractivity (Wildman–Crippen MR) is 168 cm³/mol. The molecule has 1 saturated heterocycles. The van der Waals surface area contributed by atoms with Crippen LogP contribution in [0.4, 0.5) is 5.82 Å². The summed E-state index contributed by atoms with van der Waals surface area (Å²) >= 11 is 0. The van der Waals surface area contributed by atoms with Crippen LogP contribution in [-0.2, 0) is 27.3 Å². The Balaban J connectivity index is 1.74. The topological polar surface area (TPSA) is 180 Å². The zero-order valence-corrected chi connectivity index (χ0v) is 27.8. The van der Waals surface area contributed by atoms with Crippen molar-refractivity contribution in [3.05, 3.63) is 61.2 Å². The van der Waals surface area contributed by atoms with Crippen molar-refractivity contribution in [1.29, 1.82) is 5.26 Å². The summed E-state index contributed by atoms with van der Waals surface area (Å²) in [5.74, 6) is -0.186. The number of fused-ring (bicyclic) bond motifs is 1. The fourth-order valence-corrected chi connectivity index (χ4v) is 6.98. The number of phosphoric acid groups is 1. The summed E-state index contributed by atoms with van der Waals surface area (Å²) in [4.78, 5) is 26.0. The molecule has 1 aliphatic rings. The van der Waals surface area contributed by atoms with Gasteiger partial charge in [-0.2, -0.15) is 5.26 Å². The largest absolute Gasteiger partial charge is 0.475 e. The summed E-state index contributed by atoms with van der Waals surface area (Å²) in [5, 5.41) is 21.9. The van der Waals surface area contributed by atoms with Crippen LogP contribution in [0.25, 0.3) is 11.2 Å². The first kappa shape index (κ1) is 34.5. The monoisotopic (exact) mass is 658 g/mol. The molecule has 0 radical (unpaired) electrons. The van der Waals surface area contributed by atoms with Crippen LogP contribution >= 0.6 is 7.82 Å². The molecule has 1 amide bonds. The lowest BCUT2D eigenvalue weighted by molar-refractivity contribution is -0.0501. The quantitative estimate of drug-likeness (QED) is 0.103. The van der Waals surface area contributed by atoms with Crippen LogP contribution in [-0.4, -0.2) is 77.0 Å². The van der Waals surface area contributed by atoms with Crippen LogP contribution in [0.1, 0.15) is 43.8 Å². The number of carbonyl (C=O) groups excluding carboxylic acids is 1. The van der Waals surface area contributed by atoms with Gasteiger partial charge in [-0.3, -0.25) is 22.9 Å². The second-order valence-electron chi connectivity index (χ2n) is 11.8. The van der Waals surface area contributed by atoms with Gasteiger partial charge in [0.25, 0.3) is 5.91 Å². The lowest BCUT2D eigenvalue weighted by Crippen LogP contribution is -2.49. The van der Waals surface area contributed by atoms with Crippen molar-refractivity contribution in [2.75, 3.05) is 25.1 Å². The van der Waals surface area contributed by atoms with E-state index in [1.807, 2.05) is 25.2 Å². The molecule has 1 fully saturated rings. The van der Waals surface area contributed by atoms with Crippen molar-refractivity contribution < 1.29 is 37.2 Å². The Bertz CT molecular complexity index is 1570. The normalized spacial score (nSPS) is 21.7. The lowest BCUT2D eigenvalue weighted by Gasteiger charge is -2.40. The Kier molecular flexibility index (Phi) is 11.1. The molecule has 0 aliphatic carbocycles. The van der Waals surface area contributed by atoms with Crippen molar-refractivity contribution in [3.8, 4) is 6.07 Å². The number of ether oxygens (including phenoxy) is 1. The standard InChI is InChI=1S/C29H39N6O8PSi/c1-7-15-39-44(38,40-16-11-14-30)42-23-21(17-36)41-28(24(23)43-45(5,6)29(2,3)4)35-19-33-22-25(31-18-32-26(22)35)34-27(37)20-12-9-8-10-13-20/h7-10,12-13,18-19,21,23-24,28,36H,1,11,15-17H2,2-6H3,(H,31,32,34,37)/t21-,23-,24-,28-,44?/m1/s1. The Morgan fingerprint density at radius 2 is 1.96 bits per heavy atom. The van der Waals surface area contributed by atoms with E-state index in [1.54, 1.807) is 28.8 Å². The van der Waals surface area contributed by atoms with Crippen molar-refractivity contribution in [2.24, 2.45) is 0 Å². The van der Waals surface area contributed by atoms with Crippen molar-refractivity contribution in [1.82, 2.24) is 19.5 Å². The molecule has 0 spiro atoms. The van der Waals surface area contributed by atoms with Gasteiger partial charge in [-0.15, -0.1) is 6.58 Å². The van der Waals surface area contributed by atoms with Gasteiger partial charge in [-0.25, -0.2) is 19.5 Å². The Hall–Kier alpha value is -3.32. The van der Waals surface area contributed by atoms with Crippen LogP contribution in [0.3, 0.4) is 0 Å². The number of rotatable bonds is 14. The molecule has 2 aromatic heterocycles. The van der Waals surface area contributed by atoms with Gasteiger partial charge in [-0.05, 0) is 30.3 Å². The molecule has 0 saturated carbocycles. The van der Waals surface area contributed by atoms with Gasteiger partial charge in [0, 0.05) is 5.56 Å².